The van der Waals surface area contributed by atoms with Crippen molar-refractivity contribution in [3.05, 3.63) is 24.3 Å². The summed E-state index contributed by atoms with van der Waals surface area (Å²) in [7, 11) is -1.19. The molecule has 2 aromatic rings. The number of nitrogens with zero attached hydrogens (tertiary/aromatic N) is 2. The minimum Gasteiger partial charge on any atom is -0.235 e. The molecule has 0 radical (unpaired) electrons. The Labute approximate surface area is 146 Å². The van der Waals surface area contributed by atoms with E-state index in [1.165, 1.54) is 6.42 Å². The van der Waals surface area contributed by atoms with Crippen LogP contribution in [0.15, 0.2) is 28.6 Å². The lowest BCUT2D eigenvalue weighted by molar-refractivity contribution is 0.216. The van der Waals surface area contributed by atoms with E-state index in [0.29, 0.717) is 0 Å². The molecule has 1 heterocycles. The minimum atomic E-state index is -1.19. The Balaban J connectivity index is 2.27. The number of thiazole rings is 1. The van der Waals surface area contributed by atoms with Crippen molar-refractivity contribution in [1.29, 1.82) is 0 Å². The molecule has 1 aromatic carbocycles. The maximum atomic E-state index is 13.2. The summed E-state index contributed by atoms with van der Waals surface area (Å²) >= 11 is 1.55. The zero-order valence-electron chi connectivity index (χ0n) is 14.7. The summed E-state index contributed by atoms with van der Waals surface area (Å²) in [4.78, 5) is 4.61. The molecule has 3 nitrogen and oxygen atoms in total. The first kappa shape index (κ1) is 18.6. The van der Waals surface area contributed by atoms with E-state index in [4.69, 9.17) is 0 Å². The minimum absolute atomic E-state index is 0.0755. The number of hydrogen-bond donors (Lipinski definition) is 0. The van der Waals surface area contributed by atoms with Gasteiger partial charge < -0.3 is 0 Å². The van der Waals surface area contributed by atoms with Crippen molar-refractivity contribution in [3.63, 3.8) is 0 Å². The van der Waals surface area contributed by atoms with Crippen LogP contribution in [0.4, 0.5) is 0 Å². The molecule has 5 heteroatoms. The first-order chi connectivity index (χ1) is 11.0. The van der Waals surface area contributed by atoms with Crippen LogP contribution >= 0.6 is 11.3 Å². The zero-order valence-corrected chi connectivity index (χ0v) is 16.3. The van der Waals surface area contributed by atoms with Crippen LogP contribution in [-0.4, -0.2) is 25.6 Å². The van der Waals surface area contributed by atoms with Gasteiger partial charge >= 0.3 is 0 Å². The van der Waals surface area contributed by atoms with Crippen LogP contribution in [0.3, 0.4) is 0 Å². The summed E-state index contributed by atoms with van der Waals surface area (Å²) in [5, 5.41) is 0. The second-order valence-electron chi connectivity index (χ2n) is 6.57. The summed E-state index contributed by atoms with van der Waals surface area (Å²) in [6, 6.07) is 8.03. The van der Waals surface area contributed by atoms with E-state index in [1.807, 2.05) is 24.3 Å². The van der Waals surface area contributed by atoms with Crippen LogP contribution in [0.2, 0.25) is 0 Å². The molecule has 1 unspecified atom stereocenters. The van der Waals surface area contributed by atoms with Gasteiger partial charge in [-0.2, -0.15) is 0 Å². The maximum Gasteiger partial charge on any atom is 0.197 e. The maximum absolute atomic E-state index is 13.2. The molecular formula is C18H28N2OS2. The van der Waals surface area contributed by atoms with Gasteiger partial charge in [-0.1, -0.05) is 45.2 Å². The lowest BCUT2D eigenvalue weighted by Crippen LogP contribution is -2.45. The topological polar surface area (TPSA) is 33.2 Å². The van der Waals surface area contributed by atoms with Gasteiger partial charge in [0.2, 0.25) is 0 Å². The van der Waals surface area contributed by atoms with Crippen LogP contribution in [0.5, 0.6) is 0 Å². The first-order valence-corrected chi connectivity index (χ1v) is 10.5. The van der Waals surface area contributed by atoms with Gasteiger partial charge in [-0.25, -0.2) is 13.5 Å². The largest absolute Gasteiger partial charge is 0.235 e. The number of rotatable bonds is 9. The second kappa shape index (κ2) is 8.36. The molecule has 0 N–H and O–H groups in total. The zero-order chi connectivity index (χ0) is 16.9. The predicted molar refractivity (Wildman–Crippen MR) is 101 cm³/mol. The Morgan fingerprint density at radius 1 is 1.17 bits per heavy atom. The van der Waals surface area contributed by atoms with Gasteiger partial charge in [0.1, 0.15) is 0 Å². The molecule has 2 rings (SSSR count). The van der Waals surface area contributed by atoms with E-state index < -0.39 is 11.0 Å². The SMILES string of the molecule is CCCCN(S(=O)c1nc2ccccc2s1)C(C)(C)CCCC. The number of para-hydroxylation sites is 1. The molecule has 0 fully saturated rings. The second-order valence-corrected chi connectivity index (χ2v) is 9.18. The number of unbranched alkanes of at least 4 members (excludes halogenated alkanes) is 2. The first-order valence-electron chi connectivity index (χ1n) is 8.54. The van der Waals surface area contributed by atoms with E-state index in [0.717, 1.165) is 46.8 Å². The molecule has 0 bridgehead atoms. The molecule has 0 amide bonds. The fourth-order valence-electron chi connectivity index (χ4n) is 2.67. The quantitative estimate of drug-likeness (QED) is 0.606. The van der Waals surface area contributed by atoms with Crippen LogP contribution in [0.25, 0.3) is 10.2 Å². The third kappa shape index (κ3) is 4.61. The third-order valence-electron chi connectivity index (χ3n) is 4.16. The standard InChI is InChI=1S/C18H28N2OS2/c1-5-7-13-18(3,4)20(14-8-6-2)23(21)17-19-15-11-9-10-12-16(15)22-17/h9-12H,5-8,13-14H2,1-4H3. The predicted octanol–water partition coefficient (Wildman–Crippen LogP) is 5.39. The average Bonchev–Trinajstić information content (AvgIpc) is 2.97. The number of aromatic nitrogens is 1. The fourth-order valence-corrected chi connectivity index (χ4v) is 5.39. The van der Waals surface area contributed by atoms with Crippen LogP contribution in [-0.2, 0) is 11.0 Å². The van der Waals surface area contributed by atoms with Gasteiger partial charge in [-0.15, -0.1) is 11.3 Å². The smallest absolute Gasteiger partial charge is 0.197 e. The molecule has 0 aliphatic heterocycles. The molecule has 1 atom stereocenters. The van der Waals surface area contributed by atoms with E-state index >= 15 is 0 Å². The molecule has 23 heavy (non-hydrogen) atoms. The summed E-state index contributed by atoms with van der Waals surface area (Å²) in [6.07, 6.45) is 5.55. The summed E-state index contributed by atoms with van der Waals surface area (Å²) in [5.41, 5.74) is 0.871. The Bertz CT molecular complexity index is 618. The monoisotopic (exact) mass is 352 g/mol. The summed E-state index contributed by atoms with van der Waals surface area (Å²) in [5.74, 6) is 0. The lowest BCUT2D eigenvalue weighted by atomic mass is 9.97. The van der Waals surface area contributed by atoms with Gasteiger partial charge in [0.05, 0.1) is 10.2 Å². The van der Waals surface area contributed by atoms with Crippen molar-refractivity contribution >= 4 is 32.5 Å². The highest BCUT2D eigenvalue weighted by molar-refractivity contribution is 7.85. The van der Waals surface area contributed by atoms with E-state index in [-0.39, 0.29) is 5.54 Å². The van der Waals surface area contributed by atoms with Gasteiger partial charge in [0.25, 0.3) is 0 Å². The summed E-state index contributed by atoms with van der Waals surface area (Å²) in [6.45, 7) is 9.66. The molecule has 0 saturated carbocycles. The van der Waals surface area contributed by atoms with E-state index in [1.54, 1.807) is 11.3 Å². The van der Waals surface area contributed by atoms with Crippen molar-refractivity contribution in [2.24, 2.45) is 0 Å². The Kier molecular flexibility index (Phi) is 6.74. The Hall–Kier alpha value is -0.780. The van der Waals surface area contributed by atoms with Crippen molar-refractivity contribution in [2.45, 2.75) is 69.7 Å². The van der Waals surface area contributed by atoms with Gasteiger partial charge in [0, 0.05) is 12.1 Å². The molecule has 1 aromatic heterocycles. The van der Waals surface area contributed by atoms with Gasteiger partial charge in [0.15, 0.2) is 15.3 Å². The van der Waals surface area contributed by atoms with Gasteiger partial charge in [-0.3, -0.25) is 0 Å². The van der Waals surface area contributed by atoms with E-state index in [2.05, 4.69) is 37.0 Å². The third-order valence-corrected chi connectivity index (χ3v) is 7.13. The normalized spacial score (nSPS) is 13.8. The van der Waals surface area contributed by atoms with E-state index in [9.17, 15) is 4.21 Å². The average molecular weight is 353 g/mol. The lowest BCUT2D eigenvalue weighted by Gasteiger charge is -2.36. The number of hydrogen-bond acceptors (Lipinski definition) is 3. The highest BCUT2D eigenvalue weighted by Gasteiger charge is 2.32. The molecule has 0 saturated heterocycles. The highest BCUT2D eigenvalue weighted by atomic mass is 32.2. The van der Waals surface area contributed by atoms with Crippen molar-refractivity contribution in [2.75, 3.05) is 6.54 Å². The molecule has 0 spiro atoms. The number of fused-ring (bicyclic) bond motifs is 1. The van der Waals surface area contributed by atoms with Crippen LogP contribution in [0, 0.1) is 0 Å². The molecule has 0 aliphatic carbocycles. The molecule has 0 aliphatic rings. The van der Waals surface area contributed by atoms with Crippen molar-refractivity contribution in [1.82, 2.24) is 9.29 Å². The molecule has 128 valence electrons. The van der Waals surface area contributed by atoms with Gasteiger partial charge in [-0.05, 0) is 38.8 Å². The molecular weight excluding hydrogens is 324 g/mol. The highest BCUT2D eigenvalue weighted by Crippen LogP contribution is 2.31. The number of benzene rings is 1. The van der Waals surface area contributed by atoms with Crippen LogP contribution in [0.1, 0.15) is 59.8 Å². The van der Waals surface area contributed by atoms with Crippen LogP contribution < -0.4 is 0 Å². The summed E-state index contributed by atoms with van der Waals surface area (Å²) < 4.78 is 17.2. The van der Waals surface area contributed by atoms with Crippen molar-refractivity contribution < 1.29 is 4.21 Å². The Morgan fingerprint density at radius 3 is 2.52 bits per heavy atom. The fraction of sp³-hybridized carbons (Fsp3) is 0.611. The van der Waals surface area contributed by atoms with Crippen molar-refractivity contribution in [3.8, 4) is 0 Å². The Morgan fingerprint density at radius 2 is 1.87 bits per heavy atom.